The lowest BCUT2D eigenvalue weighted by Crippen LogP contribution is -2.13. The standard InChI is InChI=1S/C17H15N3O4S/c1-25(22,23)14-9-5-8-13(11-14)16(21)18-17-20-19-15(24-17)10-12-6-3-2-4-7-12/h2-9,11H,10H2,1H3,(H,18,20,21). The highest BCUT2D eigenvalue weighted by atomic mass is 32.2. The monoisotopic (exact) mass is 357 g/mol. The molecule has 1 amide bonds. The summed E-state index contributed by atoms with van der Waals surface area (Å²) < 4.78 is 28.5. The van der Waals surface area contributed by atoms with Crippen molar-refractivity contribution in [3.05, 3.63) is 71.6 Å². The molecule has 0 aliphatic heterocycles. The number of amides is 1. The van der Waals surface area contributed by atoms with E-state index in [0.29, 0.717) is 12.3 Å². The third-order valence-electron chi connectivity index (χ3n) is 3.41. The fourth-order valence-corrected chi connectivity index (χ4v) is 2.85. The van der Waals surface area contributed by atoms with Gasteiger partial charge in [0.15, 0.2) is 9.84 Å². The van der Waals surface area contributed by atoms with Gasteiger partial charge in [-0.2, -0.15) is 0 Å². The second-order valence-corrected chi connectivity index (χ2v) is 7.43. The summed E-state index contributed by atoms with van der Waals surface area (Å²) in [4.78, 5) is 12.3. The van der Waals surface area contributed by atoms with E-state index in [-0.39, 0.29) is 16.5 Å². The molecule has 7 nitrogen and oxygen atoms in total. The number of nitrogens with zero attached hydrogens (tertiary/aromatic N) is 2. The topological polar surface area (TPSA) is 102 Å². The largest absolute Gasteiger partial charge is 0.407 e. The molecule has 25 heavy (non-hydrogen) atoms. The van der Waals surface area contributed by atoms with Crippen molar-refractivity contribution in [3.8, 4) is 0 Å². The summed E-state index contributed by atoms with van der Waals surface area (Å²) in [5.41, 5.74) is 1.19. The van der Waals surface area contributed by atoms with E-state index >= 15 is 0 Å². The summed E-state index contributed by atoms with van der Waals surface area (Å²) in [6.07, 6.45) is 1.53. The van der Waals surface area contributed by atoms with Crippen LogP contribution in [0.5, 0.6) is 0 Å². The number of rotatable bonds is 5. The van der Waals surface area contributed by atoms with Gasteiger partial charge in [0.05, 0.1) is 11.3 Å². The molecule has 0 aliphatic carbocycles. The second kappa shape index (κ2) is 6.86. The van der Waals surface area contributed by atoms with Gasteiger partial charge in [0.1, 0.15) is 0 Å². The Morgan fingerprint density at radius 2 is 1.84 bits per heavy atom. The quantitative estimate of drug-likeness (QED) is 0.752. The van der Waals surface area contributed by atoms with E-state index in [9.17, 15) is 13.2 Å². The highest BCUT2D eigenvalue weighted by molar-refractivity contribution is 7.90. The second-order valence-electron chi connectivity index (χ2n) is 5.42. The van der Waals surface area contributed by atoms with Crippen molar-refractivity contribution in [1.82, 2.24) is 10.2 Å². The predicted octanol–water partition coefficient (Wildman–Crippen LogP) is 2.32. The zero-order valence-corrected chi connectivity index (χ0v) is 14.2. The van der Waals surface area contributed by atoms with Gasteiger partial charge in [-0.25, -0.2) is 8.42 Å². The zero-order chi connectivity index (χ0) is 17.9. The van der Waals surface area contributed by atoms with Gasteiger partial charge < -0.3 is 4.42 Å². The van der Waals surface area contributed by atoms with E-state index in [1.54, 1.807) is 0 Å². The summed E-state index contributed by atoms with van der Waals surface area (Å²) in [6.45, 7) is 0. The van der Waals surface area contributed by atoms with Gasteiger partial charge in [-0.05, 0) is 23.8 Å². The van der Waals surface area contributed by atoms with Crippen molar-refractivity contribution in [2.45, 2.75) is 11.3 Å². The first-order valence-electron chi connectivity index (χ1n) is 7.39. The Bertz CT molecular complexity index is 997. The fraction of sp³-hybridized carbons (Fsp3) is 0.118. The van der Waals surface area contributed by atoms with Gasteiger partial charge >= 0.3 is 6.01 Å². The number of nitrogens with one attached hydrogen (secondary N) is 1. The number of anilines is 1. The first-order valence-corrected chi connectivity index (χ1v) is 9.29. The van der Waals surface area contributed by atoms with Crippen molar-refractivity contribution >= 4 is 21.8 Å². The molecule has 1 N–H and O–H groups in total. The minimum Gasteiger partial charge on any atom is -0.407 e. The van der Waals surface area contributed by atoms with Crippen LogP contribution in [0.3, 0.4) is 0 Å². The molecular weight excluding hydrogens is 342 g/mol. The number of hydrogen-bond acceptors (Lipinski definition) is 6. The number of carbonyl (C=O) groups is 1. The maximum atomic E-state index is 12.2. The molecule has 128 valence electrons. The Labute approximate surface area is 144 Å². The Hall–Kier alpha value is -3.00. The van der Waals surface area contributed by atoms with Gasteiger partial charge in [0.2, 0.25) is 5.89 Å². The van der Waals surface area contributed by atoms with Crippen LogP contribution in [0.15, 0.2) is 63.9 Å². The van der Waals surface area contributed by atoms with Gasteiger partial charge in [0, 0.05) is 11.8 Å². The molecule has 0 unspecified atom stereocenters. The normalized spacial score (nSPS) is 11.2. The van der Waals surface area contributed by atoms with E-state index in [4.69, 9.17) is 4.42 Å². The number of aromatic nitrogens is 2. The summed E-state index contributed by atoms with van der Waals surface area (Å²) in [7, 11) is -3.39. The molecule has 0 saturated carbocycles. The Balaban J connectivity index is 1.72. The van der Waals surface area contributed by atoms with Gasteiger partial charge in [-0.15, -0.1) is 5.10 Å². The molecule has 1 aromatic heterocycles. The van der Waals surface area contributed by atoms with E-state index in [2.05, 4.69) is 15.5 Å². The van der Waals surface area contributed by atoms with Crippen LogP contribution in [0.4, 0.5) is 6.01 Å². The molecule has 0 spiro atoms. The molecule has 3 rings (SSSR count). The molecule has 0 aliphatic rings. The molecular formula is C17H15N3O4S. The minimum absolute atomic E-state index is 0.0410. The molecule has 0 fully saturated rings. The summed E-state index contributed by atoms with van der Waals surface area (Å²) in [6, 6.07) is 15.3. The van der Waals surface area contributed by atoms with Gasteiger partial charge in [-0.1, -0.05) is 41.5 Å². The Kier molecular flexibility index (Phi) is 4.62. The lowest BCUT2D eigenvalue weighted by Gasteiger charge is -2.03. The molecule has 0 atom stereocenters. The van der Waals surface area contributed by atoms with Crippen LogP contribution < -0.4 is 5.32 Å². The highest BCUT2D eigenvalue weighted by Crippen LogP contribution is 2.15. The lowest BCUT2D eigenvalue weighted by atomic mass is 10.2. The molecule has 8 heteroatoms. The number of carbonyl (C=O) groups excluding carboxylic acids is 1. The van der Waals surface area contributed by atoms with Crippen molar-refractivity contribution in [1.29, 1.82) is 0 Å². The highest BCUT2D eigenvalue weighted by Gasteiger charge is 2.14. The summed E-state index contributed by atoms with van der Waals surface area (Å²) in [5.74, 6) is -0.160. The average Bonchev–Trinajstić information content (AvgIpc) is 3.02. The minimum atomic E-state index is -3.39. The molecule has 0 radical (unpaired) electrons. The zero-order valence-electron chi connectivity index (χ0n) is 13.3. The Morgan fingerprint density at radius 1 is 1.08 bits per heavy atom. The lowest BCUT2D eigenvalue weighted by molar-refractivity contribution is 0.102. The van der Waals surface area contributed by atoms with E-state index < -0.39 is 15.7 Å². The van der Waals surface area contributed by atoms with Crippen molar-refractivity contribution in [2.24, 2.45) is 0 Å². The summed E-state index contributed by atoms with van der Waals surface area (Å²) >= 11 is 0. The van der Waals surface area contributed by atoms with Crippen molar-refractivity contribution in [2.75, 3.05) is 11.6 Å². The van der Waals surface area contributed by atoms with Crippen molar-refractivity contribution < 1.29 is 17.6 Å². The average molecular weight is 357 g/mol. The van der Waals surface area contributed by atoms with Crippen LogP contribution in [0.1, 0.15) is 21.8 Å². The van der Waals surface area contributed by atoms with E-state index in [1.165, 1.54) is 24.3 Å². The van der Waals surface area contributed by atoms with Crippen LogP contribution in [-0.2, 0) is 16.3 Å². The van der Waals surface area contributed by atoms with Crippen molar-refractivity contribution in [3.63, 3.8) is 0 Å². The van der Waals surface area contributed by atoms with E-state index in [1.807, 2.05) is 30.3 Å². The third kappa shape index (κ3) is 4.30. The molecule has 3 aromatic rings. The third-order valence-corrected chi connectivity index (χ3v) is 4.52. The van der Waals surface area contributed by atoms with Crippen LogP contribution in [0.2, 0.25) is 0 Å². The van der Waals surface area contributed by atoms with Crippen LogP contribution in [0, 0.1) is 0 Å². The van der Waals surface area contributed by atoms with Crippen LogP contribution >= 0.6 is 0 Å². The SMILES string of the molecule is CS(=O)(=O)c1cccc(C(=O)Nc2nnc(Cc3ccccc3)o2)c1. The maximum Gasteiger partial charge on any atom is 0.322 e. The van der Waals surface area contributed by atoms with Gasteiger partial charge in [-0.3, -0.25) is 10.1 Å². The summed E-state index contributed by atoms with van der Waals surface area (Å²) in [5, 5.41) is 10.1. The van der Waals surface area contributed by atoms with Crippen LogP contribution in [-0.4, -0.2) is 30.8 Å². The smallest absolute Gasteiger partial charge is 0.322 e. The fourth-order valence-electron chi connectivity index (χ4n) is 2.18. The van der Waals surface area contributed by atoms with Crippen LogP contribution in [0.25, 0.3) is 0 Å². The molecule has 2 aromatic carbocycles. The molecule has 0 saturated heterocycles. The predicted molar refractivity (Wildman–Crippen MR) is 91.1 cm³/mol. The number of sulfone groups is 1. The number of hydrogen-bond donors (Lipinski definition) is 1. The first kappa shape index (κ1) is 16.8. The maximum absolute atomic E-state index is 12.2. The Morgan fingerprint density at radius 3 is 2.56 bits per heavy atom. The van der Waals surface area contributed by atoms with E-state index in [0.717, 1.165) is 11.8 Å². The number of benzene rings is 2. The molecule has 0 bridgehead atoms. The van der Waals surface area contributed by atoms with Gasteiger partial charge in [0.25, 0.3) is 5.91 Å². The molecule has 1 heterocycles. The first-order chi connectivity index (χ1) is 11.9.